The van der Waals surface area contributed by atoms with Crippen LogP contribution in [0.1, 0.15) is 53.4 Å². The third kappa shape index (κ3) is 3.27. The number of rotatable bonds is 3. The topological polar surface area (TPSA) is 66.5 Å². The van der Waals surface area contributed by atoms with Crippen LogP contribution in [0.15, 0.2) is 72.8 Å². The van der Waals surface area contributed by atoms with Gasteiger partial charge in [0.25, 0.3) is 0 Å². The SMILES string of the molecule is Cc1ccc(C(=O)[C@@H]2[C@H](C(=O)C(C)(C)C)N3c4ccc(C)cc4C=C[C@H]3[C@]23C(=O)Nc2ccccc23)cc1. The summed E-state index contributed by atoms with van der Waals surface area (Å²) in [6.07, 6.45) is 4.06. The van der Waals surface area contributed by atoms with Crippen LogP contribution >= 0.6 is 0 Å². The number of hydrogen-bond donors (Lipinski definition) is 1. The van der Waals surface area contributed by atoms with Crippen molar-refractivity contribution in [1.29, 1.82) is 0 Å². The zero-order valence-electron chi connectivity index (χ0n) is 22.4. The van der Waals surface area contributed by atoms with Gasteiger partial charge >= 0.3 is 0 Å². The highest BCUT2D eigenvalue weighted by molar-refractivity contribution is 6.17. The van der Waals surface area contributed by atoms with Crippen molar-refractivity contribution >= 4 is 34.9 Å². The zero-order chi connectivity index (χ0) is 27.0. The Bertz CT molecular complexity index is 1530. The molecular formula is C33H32N2O3. The van der Waals surface area contributed by atoms with Gasteiger partial charge in [-0.3, -0.25) is 14.4 Å². The summed E-state index contributed by atoms with van der Waals surface area (Å²) in [6.45, 7) is 9.68. The van der Waals surface area contributed by atoms with E-state index in [-0.39, 0.29) is 17.5 Å². The maximum Gasteiger partial charge on any atom is 0.238 e. The lowest BCUT2D eigenvalue weighted by Crippen LogP contribution is -2.51. The smallest absolute Gasteiger partial charge is 0.238 e. The number of hydrogen-bond acceptors (Lipinski definition) is 4. The van der Waals surface area contributed by atoms with Crippen molar-refractivity contribution in [3.05, 3.63) is 101 Å². The van der Waals surface area contributed by atoms with E-state index in [0.29, 0.717) is 11.3 Å². The zero-order valence-corrected chi connectivity index (χ0v) is 22.4. The van der Waals surface area contributed by atoms with Gasteiger partial charge in [0.15, 0.2) is 11.6 Å². The molecule has 3 aromatic carbocycles. The fourth-order valence-corrected chi connectivity index (χ4v) is 6.64. The Morgan fingerprint density at radius 1 is 0.921 bits per heavy atom. The highest BCUT2D eigenvalue weighted by atomic mass is 16.2. The first kappa shape index (κ1) is 24.4. The summed E-state index contributed by atoms with van der Waals surface area (Å²) >= 11 is 0. The molecule has 0 radical (unpaired) electrons. The molecule has 6 rings (SSSR count). The second-order valence-electron chi connectivity index (χ2n) is 11.9. The molecule has 0 unspecified atom stereocenters. The Balaban J connectivity index is 1.68. The molecule has 0 saturated carbocycles. The van der Waals surface area contributed by atoms with Gasteiger partial charge in [-0.1, -0.05) is 92.6 Å². The van der Waals surface area contributed by atoms with Crippen LogP contribution in [0.5, 0.6) is 0 Å². The van der Waals surface area contributed by atoms with E-state index < -0.39 is 28.8 Å². The molecule has 5 nitrogen and oxygen atoms in total. The van der Waals surface area contributed by atoms with E-state index in [1.54, 1.807) is 0 Å². The molecule has 3 aliphatic heterocycles. The molecular weight excluding hydrogens is 472 g/mol. The van der Waals surface area contributed by atoms with E-state index in [1.165, 1.54) is 0 Å². The van der Waals surface area contributed by atoms with Crippen LogP contribution in [0, 0.1) is 25.2 Å². The second kappa shape index (κ2) is 8.26. The average Bonchev–Trinajstić information content (AvgIpc) is 3.35. The standard InChI is InChI=1S/C33H32N2O3/c1-19-10-13-21(14-11-19)29(36)27-28(30(37)32(3,4)5)35-25-16-12-20(2)18-22(25)15-17-26(35)33(27)23-8-6-7-9-24(23)34-31(33)38/h6-18,26-28H,1-5H3,(H,34,38)/t26-,27-,28+,33-/m0/s1. The predicted octanol–water partition coefficient (Wildman–Crippen LogP) is 5.89. The van der Waals surface area contributed by atoms with Crippen LogP contribution in [0.2, 0.25) is 0 Å². The first-order valence-corrected chi connectivity index (χ1v) is 13.2. The van der Waals surface area contributed by atoms with Gasteiger partial charge in [-0.15, -0.1) is 0 Å². The number of Topliss-reactive ketones (excluding diaryl/α,β-unsaturated/α-hetero) is 2. The summed E-state index contributed by atoms with van der Waals surface area (Å²) in [4.78, 5) is 45.4. The number of ketones is 2. The number of para-hydroxylation sites is 1. The molecule has 3 aliphatic rings. The van der Waals surface area contributed by atoms with E-state index in [1.807, 2.05) is 107 Å². The Hall–Kier alpha value is -3.99. The average molecular weight is 505 g/mol. The molecule has 1 fully saturated rings. The Labute approximate surface area is 223 Å². The number of amides is 1. The molecule has 192 valence electrons. The first-order valence-electron chi connectivity index (χ1n) is 13.2. The Kier molecular flexibility index (Phi) is 5.29. The number of nitrogens with one attached hydrogen (secondary N) is 1. The molecule has 1 amide bonds. The maximum atomic E-state index is 14.6. The number of benzene rings is 3. The number of fused-ring (bicyclic) bond motifs is 6. The summed E-state index contributed by atoms with van der Waals surface area (Å²) in [5, 5.41) is 3.08. The summed E-state index contributed by atoms with van der Waals surface area (Å²) in [5.41, 5.74) is 4.00. The van der Waals surface area contributed by atoms with Crippen molar-refractivity contribution in [2.24, 2.45) is 11.3 Å². The van der Waals surface area contributed by atoms with Gasteiger partial charge in [0, 0.05) is 22.4 Å². The molecule has 1 spiro atoms. The maximum absolute atomic E-state index is 14.6. The molecule has 4 atom stereocenters. The van der Waals surface area contributed by atoms with Gasteiger partial charge in [-0.2, -0.15) is 0 Å². The molecule has 38 heavy (non-hydrogen) atoms. The molecule has 0 aromatic heterocycles. The van der Waals surface area contributed by atoms with Crippen molar-refractivity contribution in [2.75, 3.05) is 10.2 Å². The van der Waals surface area contributed by atoms with Gasteiger partial charge in [0.2, 0.25) is 5.91 Å². The van der Waals surface area contributed by atoms with E-state index in [9.17, 15) is 14.4 Å². The number of nitrogens with zero attached hydrogens (tertiary/aromatic N) is 1. The van der Waals surface area contributed by atoms with Crippen LogP contribution in [-0.4, -0.2) is 29.6 Å². The van der Waals surface area contributed by atoms with Crippen LogP contribution in [-0.2, 0) is 15.0 Å². The monoisotopic (exact) mass is 504 g/mol. The second-order valence-corrected chi connectivity index (χ2v) is 11.9. The molecule has 0 aliphatic carbocycles. The summed E-state index contributed by atoms with van der Waals surface area (Å²) in [6, 6.07) is 19.8. The minimum absolute atomic E-state index is 0.0520. The number of anilines is 2. The van der Waals surface area contributed by atoms with E-state index in [0.717, 1.165) is 27.9 Å². The van der Waals surface area contributed by atoms with Crippen molar-refractivity contribution in [3.8, 4) is 0 Å². The lowest BCUT2D eigenvalue weighted by Gasteiger charge is -2.38. The van der Waals surface area contributed by atoms with E-state index in [4.69, 9.17) is 0 Å². The van der Waals surface area contributed by atoms with Crippen LogP contribution in [0.25, 0.3) is 6.08 Å². The third-order valence-corrected chi connectivity index (χ3v) is 8.41. The molecule has 1 N–H and O–H groups in total. The fourth-order valence-electron chi connectivity index (χ4n) is 6.64. The van der Waals surface area contributed by atoms with Crippen LogP contribution in [0.3, 0.4) is 0 Å². The number of aryl methyl sites for hydroxylation is 2. The van der Waals surface area contributed by atoms with Gasteiger partial charge in [-0.05, 0) is 43.2 Å². The lowest BCUT2D eigenvalue weighted by atomic mass is 9.63. The van der Waals surface area contributed by atoms with Crippen LogP contribution < -0.4 is 10.2 Å². The summed E-state index contributed by atoms with van der Waals surface area (Å²) in [5.74, 6) is -1.38. The fraction of sp³-hybridized carbons (Fsp3) is 0.303. The normalized spacial score (nSPS) is 25.1. The first-order chi connectivity index (χ1) is 18.0. The van der Waals surface area contributed by atoms with Crippen molar-refractivity contribution in [1.82, 2.24) is 0 Å². The van der Waals surface area contributed by atoms with E-state index >= 15 is 0 Å². The largest absolute Gasteiger partial charge is 0.352 e. The molecule has 0 bridgehead atoms. The van der Waals surface area contributed by atoms with Crippen LogP contribution in [0.4, 0.5) is 11.4 Å². The highest BCUT2D eigenvalue weighted by Crippen LogP contribution is 2.58. The Morgan fingerprint density at radius 3 is 2.32 bits per heavy atom. The summed E-state index contributed by atoms with van der Waals surface area (Å²) in [7, 11) is 0. The Morgan fingerprint density at radius 2 is 1.61 bits per heavy atom. The number of carbonyl (C=O) groups excluding carboxylic acids is 3. The molecule has 1 saturated heterocycles. The van der Waals surface area contributed by atoms with Gasteiger partial charge in [0.1, 0.15) is 11.5 Å². The van der Waals surface area contributed by atoms with Crippen molar-refractivity contribution in [2.45, 2.75) is 52.1 Å². The number of carbonyl (C=O) groups is 3. The predicted molar refractivity (Wildman–Crippen MR) is 150 cm³/mol. The van der Waals surface area contributed by atoms with Gasteiger partial charge in [0.05, 0.1) is 12.0 Å². The third-order valence-electron chi connectivity index (χ3n) is 8.41. The highest BCUT2D eigenvalue weighted by Gasteiger charge is 2.70. The lowest BCUT2D eigenvalue weighted by molar-refractivity contribution is -0.128. The quantitative estimate of drug-likeness (QED) is 0.452. The van der Waals surface area contributed by atoms with Gasteiger partial charge in [-0.25, -0.2) is 0 Å². The molecule has 3 aromatic rings. The summed E-state index contributed by atoms with van der Waals surface area (Å²) < 4.78 is 0. The molecule has 5 heteroatoms. The van der Waals surface area contributed by atoms with Crippen molar-refractivity contribution in [3.63, 3.8) is 0 Å². The van der Waals surface area contributed by atoms with Crippen molar-refractivity contribution < 1.29 is 14.4 Å². The molecule has 3 heterocycles. The minimum Gasteiger partial charge on any atom is -0.352 e. The van der Waals surface area contributed by atoms with E-state index in [2.05, 4.69) is 16.3 Å². The van der Waals surface area contributed by atoms with Gasteiger partial charge < -0.3 is 10.2 Å². The minimum atomic E-state index is -1.26.